The van der Waals surface area contributed by atoms with Crippen LogP contribution in [-0.2, 0) is 4.74 Å². The number of aromatic amines is 1. The third-order valence-electron chi connectivity index (χ3n) is 2.15. The molecule has 0 aliphatic heterocycles. The molecule has 0 spiro atoms. The van der Waals surface area contributed by atoms with Crippen molar-refractivity contribution in [1.82, 2.24) is 9.97 Å². The molecule has 0 bridgehead atoms. The molecule has 68 valence electrons. The number of imidazole rings is 1. The minimum absolute atomic E-state index is 0.0207. The molecule has 1 atom stereocenters. The van der Waals surface area contributed by atoms with Gasteiger partial charge in [-0.15, -0.1) is 0 Å². The standard InChI is InChI=1S/C10H12N2O/c1-7(13-2)10-11-8-5-3-4-6-9(8)12-10/h3-7H,1-2H3,(H,11,12)/t7-/m0/s1. The average molecular weight is 176 g/mol. The Morgan fingerprint density at radius 3 is 2.85 bits per heavy atom. The quantitative estimate of drug-likeness (QED) is 0.762. The summed E-state index contributed by atoms with van der Waals surface area (Å²) < 4.78 is 5.17. The molecule has 1 heterocycles. The lowest BCUT2D eigenvalue weighted by Crippen LogP contribution is -1.97. The monoisotopic (exact) mass is 176 g/mol. The van der Waals surface area contributed by atoms with E-state index in [1.807, 2.05) is 31.2 Å². The minimum atomic E-state index is 0.0207. The van der Waals surface area contributed by atoms with Crippen LogP contribution in [0, 0.1) is 0 Å². The fraction of sp³-hybridized carbons (Fsp3) is 0.300. The SMILES string of the molecule is CO[C@@H](C)c1nc2ccccc2[nH]1. The zero-order valence-electron chi connectivity index (χ0n) is 7.74. The Labute approximate surface area is 76.8 Å². The van der Waals surface area contributed by atoms with Crippen LogP contribution >= 0.6 is 0 Å². The number of ether oxygens (including phenoxy) is 1. The second kappa shape index (κ2) is 3.18. The predicted molar refractivity (Wildman–Crippen MR) is 51.5 cm³/mol. The number of methoxy groups -OCH3 is 1. The lowest BCUT2D eigenvalue weighted by Gasteiger charge is -2.03. The molecule has 13 heavy (non-hydrogen) atoms. The highest BCUT2D eigenvalue weighted by atomic mass is 16.5. The van der Waals surface area contributed by atoms with Gasteiger partial charge in [0.05, 0.1) is 11.0 Å². The molecule has 0 aliphatic carbocycles. The van der Waals surface area contributed by atoms with Crippen LogP contribution in [0.1, 0.15) is 18.9 Å². The van der Waals surface area contributed by atoms with Gasteiger partial charge in [-0.05, 0) is 19.1 Å². The molecular formula is C10H12N2O. The summed E-state index contributed by atoms with van der Waals surface area (Å²) in [5.74, 6) is 0.878. The molecule has 0 radical (unpaired) electrons. The van der Waals surface area contributed by atoms with Crippen LogP contribution in [0.15, 0.2) is 24.3 Å². The fourth-order valence-corrected chi connectivity index (χ4v) is 1.28. The number of aromatic nitrogens is 2. The van der Waals surface area contributed by atoms with Crippen molar-refractivity contribution in [2.45, 2.75) is 13.0 Å². The van der Waals surface area contributed by atoms with E-state index >= 15 is 0 Å². The maximum Gasteiger partial charge on any atom is 0.136 e. The number of nitrogens with one attached hydrogen (secondary N) is 1. The van der Waals surface area contributed by atoms with Crippen LogP contribution in [0.4, 0.5) is 0 Å². The molecule has 2 aromatic rings. The second-order valence-electron chi connectivity index (χ2n) is 3.02. The van der Waals surface area contributed by atoms with E-state index in [2.05, 4.69) is 9.97 Å². The Morgan fingerprint density at radius 2 is 2.15 bits per heavy atom. The normalized spacial score (nSPS) is 13.4. The summed E-state index contributed by atoms with van der Waals surface area (Å²) in [7, 11) is 1.68. The number of benzene rings is 1. The molecule has 1 aromatic carbocycles. The molecular weight excluding hydrogens is 164 g/mol. The van der Waals surface area contributed by atoms with Crippen molar-refractivity contribution in [2.24, 2.45) is 0 Å². The van der Waals surface area contributed by atoms with Crippen molar-refractivity contribution in [2.75, 3.05) is 7.11 Å². The zero-order chi connectivity index (χ0) is 9.26. The van der Waals surface area contributed by atoms with Crippen molar-refractivity contribution in [1.29, 1.82) is 0 Å². The van der Waals surface area contributed by atoms with Crippen molar-refractivity contribution in [3.8, 4) is 0 Å². The van der Waals surface area contributed by atoms with Crippen LogP contribution in [0.25, 0.3) is 11.0 Å². The van der Waals surface area contributed by atoms with Gasteiger partial charge in [0, 0.05) is 7.11 Å². The number of para-hydroxylation sites is 2. The van der Waals surface area contributed by atoms with Crippen LogP contribution in [0.2, 0.25) is 0 Å². The summed E-state index contributed by atoms with van der Waals surface area (Å²) >= 11 is 0. The Balaban J connectivity index is 2.49. The maximum atomic E-state index is 5.17. The largest absolute Gasteiger partial charge is 0.374 e. The molecule has 3 nitrogen and oxygen atoms in total. The van der Waals surface area contributed by atoms with Gasteiger partial charge in [-0.1, -0.05) is 12.1 Å². The summed E-state index contributed by atoms with van der Waals surface area (Å²) in [4.78, 5) is 7.61. The second-order valence-corrected chi connectivity index (χ2v) is 3.02. The molecule has 3 heteroatoms. The number of H-pyrrole nitrogens is 1. The number of nitrogens with zero attached hydrogens (tertiary/aromatic N) is 1. The first-order valence-corrected chi connectivity index (χ1v) is 4.28. The van der Waals surface area contributed by atoms with Crippen molar-refractivity contribution in [3.63, 3.8) is 0 Å². The van der Waals surface area contributed by atoms with Crippen LogP contribution in [0.3, 0.4) is 0 Å². The lowest BCUT2D eigenvalue weighted by atomic mass is 10.3. The highest BCUT2D eigenvalue weighted by molar-refractivity contribution is 5.74. The van der Waals surface area contributed by atoms with Crippen LogP contribution < -0.4 is 0 Å². The molecule has 1 aromatic heterocycles. The van der Waals surface area contributed by atoms with Crippen LogP contribution in [0.5, 0.6) is 0 Å². The van der Waals surface area contributed by atoms with Gasteiger partial charge in [-0.3, -0.25) is 0 Å². The average Bonchev–Trinajstić information content (AvgIpc) is 2.59. The summed E-state index contributed by atoms with van der Waals surface area (Å²) in [5.41, 5.74) is 2.04. The first-order chi connectivity index (χ1) is 6.31. The van der Waals surface area contributed by atoms with Gasteiger partial charge >= 0.3 is 0 Å². The summed E-state index contributed by atoms with van der Waals surface area (Å²) in [6.07, 6.45) is 0.0207. The number of hydrogen-bond donors (Lipinski definition) is 1. The minimum Gasteiger partial charge on any atom is -0.374 e. The fourth-order valence-electron chi connectivity index (χ4n) is 1.28. The van der Waals surface area contributed by atoms with E-state index < -0.39 is 0 Å². The molecule has 0 amide bonds. The van der Waals surface area contributed by atoms with Gasteiger partial charge in [0.15, 0.2) is 0 Å². The van der Waals surface area contributed by atoms with E-state index in [1.165, 1.54) is 0 Å². The summed E-state index contributed by atoms with van der Waals surface area (Å²) in [5, 5.41) is 0. The molecule has 0 saturated carbocycles. The van der Waals surface area contributed by atoms with E-state index in [1.54, 1.807) is 7.11 Å². The van der Waals surface area contributed by atoms with E-state index in [-0.39, 0.29) is 6.10 Å². The zero-order valence-corrected chi connectivity index (χ0v) is 7.74. The Hall–Kier alpha value is -1.35. The highest BCUT2D eigenvalue weighted by Gasteiger charge is 2.08. The van der Waals surface area contributed by atoms with E-state index in [9.17, 15) is 0 Å². The summed E-state index contributed by atoms with van der Waals surface area (Å²) in [6, 6.07) is 7.96. The predicted octanol–water partition coefficient (Wildman–Crippen LogP) is 2.27. The van der Waals surface area contributed by atoms with Crippen LogP contribution in [-0.4, -0.2) is 17.1 Å². The number of fused-ring (bicyclic) bond motifs is 1. The molecule has 0 aliphatic rings. The highest BCUT2D eigenvalue weighted by Crippen LogP contribution is 2.16. The Bertz CT molecular complexity index is 375. The first kappa shape index (κ1) is 8.26. The van der Waals surface area contributed by atoms with Crippen molar-refractivity contribution >= 4 is 11.0 Å². The van der Waals surface area contributed by atoms with Crippen molar-refractivity contribution in [3.05, 3.63) is 30.1 Å². The van der Waals surface area contributed by atoms with Gasteiger partial charge in [0.25, 0.3) is 0 Å². The molecule has 2 rings (SSSR count). The molecule has 0 saturated heterocycles. The maximum absolute atomic E-state index is 5.17. The van der Waals surface area contributed by atoms with E-state index in [0.29, 0.717) is 0 Å². The number of rotatable bonds is 2. The van der Waals surface area contributed by atoms with Crippen molar-refractivity contribution < 1.29 is 4.74 Å². The molecule has 0 fully saturated rings. The lowest BCUT2D eigenvalue weighted by molar-refractivity contribution is 0.113. The molecule has 1 N–H and O–H groups in total. The topological polar surface area (TPSA) is 37.9 Å². The smallest absolute Gasteiger partial charge is 0.136 e. The first-order valence-electron chi connectivity index (χ1n) is 4.28. The third-order valence-corrected chi connectivity index (χ3v) is 2.15. The Kier molecular flexibility index (Phi) is 2.02. The summed E-state index contributed by atoms with van der Waals surface area (Å²) in [6.45, 7) is 1.97. The molecule has 0 unspecified atom stereocenters. The van der Waals surface area contributed by atoms with Gasteiger partial charge < -0.3 is 9.72 Å². The van der Waals surface area contributed by atoms with Gasteiger partial charge in [-0.2, -0.15) is 0 Å². The Morgan fingerprint density at radius 1 is 1.38 bits per heavy atom. The van der Waals surface area contributed by atoms with Gasteiger partial charge in [0.1, 0.15) is 11.9 Å². The van der Waals surface area contributed by atoms with E-state index in [0.717, 1.165) is 16.9 Å². The van der Waals surface area contributed by atoms with E-state index in [4.69, 9.17) is 4.74 Å². The number of hydrogen-bond acceptors (Lipinski definition) is 2. The third kappa shape index (κ3) is 1.42. The van der Waals surface area contributed by atoms with Gasteiger partial charge in [0.2, 0.25) is 0 Å². The van der Waals surface area contributed by atoms with Gasteiger partial charge in [-0.25, -0.2) is 4.98 Å².